The number of thiophene rings is 1. The molecule has 28 heavy (non-hydrogen) atoms. The Morgan fingerprint density at radius 3 is 2.93 bits per heavy atom. The Morgan fingerprint density at radius 2 is 2.11 bits per heavy atom. The first-order valence-electron chi connectivity index (χ1n) is 8.81. The molecule has 3 aromatic heterocycles. The van der Waals surface area contributed by atoms with Gasteiger partial charge in [-0.15, -0.1) is 11.3 Å². The first-order chi connectivity index (χ1) is 13.8. The molecule has 0 aliphatic carbocycles. The van der Waals surface area contributed by atoms with Gasteiger partial charge < -0.3 is 14.8 Å². The summed E-state index contributed by atoms with van der Waals surface area (Å²) < 4.78 is 12.7. The SMILES string of the molecule is Cc1nccn1-c1ncc(-c2cccs2)c(NCc2ccc3c(c2)OCO3)n1. The fraction of sp³-hybridized carbons (Fsp3) is 0.150. The van der Waals surface area contributed by atoms with E-state index in [1.807, 2.05) is 53.5 Å². The van der Waals surface area contributed by atoms with Crippen molar-refractivity contribution in [2.75, 3.05) is 12.1 Å². The van der Waals surface area contributed by atoms with Crippen molar-refractivity contribution in [2.24, 2.45) is 0 Å². The molecule has 0 spiro atoms. The van der Waals surface area contributed by atoms with Gasteiger partial charge in [0.1, 0.15) is 11.6 Å². The Balaban J connectivity index is 1.48. The number of benzene rings is 1. The average molecular weight is 391 g/mol. The number of hydrogen-bond acceptors (Lipinski definition) is 7. The fourth-order valence-corrected chi connectivity index (χ4v) is 3.80. The largest absolute Gasteiger partial charge is 0.454 e. The minimum Gasteiger partial charge on any atom is -0.454 e. The van der Waals surface area contributed by atoms with Crippen LogP contribution in [0.1, 0.15) is 11.4 Å². The molecule has 1 aliphatic rings. The number of aryl methyl sites for hydroxylation is 1. The van der Waals surface area contributed by atoms with E-state index in [0.717, 1.165) is 39.1 Å². The number of aromatic nitrogens is 4. The van der Waals surface area contributed by atoms with E-state index < -0.39 is 0 Å². The molecule has 0 fully saturated rings. The van der Waals surface area contributed by atoms with Gasteiger partial charge in [0.2, 0.25) is 12.7 Å². The first-order valence-corrected chi connectivity index (χ1v) is 9.69. The molecule has 0 atom stereocenters. The zero-order valence-electron chi connectivity index (χ0n) is 15.1. The maximum Gasteiger partial charge on any atom is 0.237 e. The van der Waals surface area contributed by atoms with Gasteiger partial charge in [0.15, 0.2) is 11.5 Å². The van der Waals surface area contributed by atoms with Crippen LogP contribution in [0.3, 0.4) is 0 Å². The quantitative estimate of drug-likeness (QED) is 0.553. The van der Waals surface area contributed by atoms with E-state index in [2.05, 4.69) is 21.4 Å². The van der Waals surface area contributed by atoms with Gasteiger partial charge in [0, 0.05) is 30.0 Å². The lowest BCUT2D eigenvalue weighted by molar-refractivity contribution is 0.174. The van der Waals surface area contributed by atoms with E-state index in [1.54, 1.807) is 17.5 Å². The molecule has 0 saturated carbocycles. The molecule has 140 valence electrons. The number of nitrogens with one attached hydrogen (secondary N) is 1. The third-order valence-electron chi connectivity index (χ3n) is 4.50. The number of imidazole rings is 1. The minimum absolute atomic E-state index is 0.272. The van der Waals surface area contributed by atoms with Gasteiger partial charge in [-0.2, -0.15) is 4.98 Å². The van der Waals surface area contributed by atoms with E-state index in [1.165, 1.54) is 0 Å². The van der Waals surface area contributed by atoms with Crippen LogP contribution >= 0.6 is 11.3 Å². The second-order valence-electron chi connectivity index (χ2n) is 6.30. The van der Waals surface area contributed by atoms with Gasteiger partial charge in [-0.1, -0.05) is 12.1 Å². The van der Waals surface area contributed by atoms with Crippen LogP contribution in [0.15, 0.2) is 54.3 Å². The van der Waals surface area contributed by atoms with Crippen molar-refractivity contribution in [3.63, 3.8) is 0 Å². The molecule has 1 aliphatic heterocycles. The molecule has 0 saturated heterocycles. The Hall–Kier alpha value is -3.39. The number of nitrogens with zero attached hydrogens (tertiary/aromatic N) is 4. The number of ether oxygens (including phenoxy) is 2. The van der Waals surface area contributed by atoms with Gasteiger partial charge in [0.05, 0.1) is 5.56 Å². The van der Waals surface area contributed by atoms with E-state index in [9.17, 15) is 0 Å². The Morgan fingerprint density at radius 1 is 1.18 bits per heavy atom. The molecule has 0 bridgehead atoms. The number of fused-ring (bicyclic) bond motifs is 1. The van der Waals surface area contributed by atoms with Crippen molar-refractivity contribution in [1.82, 2.24) is 19.5 Å². The van der Waals surface area contributed by atoms with E-state index in [4.69, 9.17) is 14.5 Å². The molecular weight excluding hydrogens is 374 g/mol. The lowest BCUT2D eigenvalue weighted by Gasteiger charge is -2.12. The van der Waals surface area contributed by atoms with Crippen molar-refractivity contribution in [3.8, 4) is 27.9 Å². The normalized spacial score (nSPS) is 12.3. The number of hydrogen-bond donors (Lipinski definition) is 1. The Labute approximate surface area is 165 Å². The minimum atomic E-state index is 0.272. The standard InChI is InChI=1S/C20H17N5O2S/c1-13-21-6-7-25(13)20-23-11-15(18-3-2-8-28-18)19(24-20)22-10-14-4-5-16-17(9-14)27-12-26-16/h2-9,11H,10,12H2,1H3,(H,22,23,24). The molecule has 4 aromatic rings. The van der Waals surface area contributed by atoms with Crippen LogP contribution in [0.25, 0.3) is 16.4 Å². The second kappa shape index (κ2) is 6.97. The summed E-state index contributed by atoms with van der Waals surface area (Å²) in [4.78, 5) is 14.7. The smallest absolute Gasteiger partial charge is 0.237 e. The molecule has 0 unspecified atom stereocenters. The average Bonchev–Trinajstić information content (AvgIpc) is 3.47. The van der Waals surface area contributed by atoms with Crippen molar-refractivity contribution in [1.29, 1.82) is 0 Å². The molecule has 1 aromatic carbocycles. The summed E-state index contributed by atoms with van der Waals surface area (Å²) in [5.41, 5.74) is 2.05. The Kier molecular flexibility index (Phi) is 4.17. The third-order valence-corrected chi connectivity index (χ3v) is 5.40. The first kappa shape index (κ1) is 16.8. The summed E-state index contributed by atoms with van der Waals surface area (Å²) in [6.07, 6.45) is 5.46. The van der Waals surface area contributed by atoms with Crippen molar-refractivity contribution in [2.45, 2.75) is 13.5 Å². The van der Waals surface area contributed by atoms with Crippen LogP contribution < -0.4 is 14.8 Å². The molecule has 7 nitrogen and oxygen atoms in total. The molecule has 0 radical (unpaired) electrons. The molecule has 5 rings (SSSR count). The van der Waals surface area contributed by atoms with E-state index in [0.29, 0.717) is 12.5 Å². The molecule has 1 N–H and O–H groups in total. The lowest BCUT2D eigenvalue weighted by Crippen LogP contribution is -2.08. The van der Waals surface area contributed by atoms with E-state index >= 15 is 0 Å². The van der Waals surface area contributed by atoms with Crippen molar-refractivity contribution >= 4 is 17.2 Å². The van der Waals surface area contributed by atoms with Gasteiger partial charge >= 0.3 is 0 Å². The maximum absolute atomic E-state index is 5.47. The molecule has 8 heteroatoms. The zero-order valence-corrected chi connectivity index (χ0v) is 15.9. The van der Waals surface area contributed by atoms with Gasteiger partial charge in [0.25, 0.3) is 0 Å². The van der Waals surface area contributed by atoms with Crippen LogP contribution in [0.2, 0.25) is 0 Å². The predicted octanol–water partition coefficient (Wildman–Crippen LogP) is 4.04. The highest BCUT2D eigenvalue weighted by Crippen LogP contribution is 2.34. The summed E-state index contributed by atoms with van der Waals surface area (Å²) in [7, 11) is 0. The highest BCUT2D eigenvalue weighted by Gasteiger charge is 2.15. The topological polar surface area (TPSA) is 74.1 Å². The van der Waals surface area contributed by atoms with Gasteiger partial charge in [-0.25, -0.2) is 9.97 Å². The summed E-state index contributed by atoms with van der Waals surface area (Å²) in [6.45, 7) is 2.80. The third kappa shape index (κ3) is 3.07. The number of rotatable bonds is 5. The van der Waals surface area contributed by atoms with Crippen LogP contribution in [-0.4, -0.2) is 26.3 Å². The van der Waals surface area contributed by atoms with Gasteiger partial charge in [-0.05, 0) is 36.1 Å². The lowest BCUT2D eigenvalue weighted by atomic mass is 10.2. The van der Waals surface area contributed by atoms with Crippen molar-refractivity contribution in [3.05, 3.63) is 65.7 Å². The second-order valence-corrected chi connectivity index (χ2v) is 7.24. The summed E-state index contributed by atoms with van der Waals surface area (Å²) in [5.74, 6) is 3.76. The highest BCUT2D eigenvalue weighted by molar-refractivity contribution is 7.13. The molecule has 0 amide bonds. The summed E-state index contributed by atoms with van der Waals surface area (Å²) in [5, 5.41) is 5.50. The van der Waals surface area contributed by atoms with Crippen LogP contribution in [0.5, 0.6) is 11.5 Å². The maximum atomic E-state index is 5.47. The molecular formula is C20H17N5O2S. The van der Waals surface area contributed by atoms with Crippen LogP contribution in [-0.2, 0) is 6.54 Å². The number of anilines is 1. The monoisotopic (exact) mass is 391 g/mol. The van der Waals surface area contributed by atoms with Crippen LogP contribution in [0.4, 0.5) is 5.82 Å². The fourth-order valence-electron chi connectivity index (χ4n) is 3.06. The van der Waals surface area contributed by atoms with Gasteiger partial charge in [-0.3, -0.25) is 4.57 Å². The van der Waals surface area contributed by atoms with Crippen LogP contribution in [0, 0.1) is 6.92 Å². The highest BCUT2D eigenvalue weighted by atomic mass is 32.1. The van der Waals surface area contributed by atoms with E-state index in [-0.39, 0.29) is 6.79 Å². The summed E-state index contributed by atoms with van der Waals surface area (Å²) in [6, 6.07) is 10.0. The van der Waals surface area contributed by atoms with Crippen molar-refractivity contribution < 1.29 is 9.47 Å². The summed E-state index contributed by atoms with van der Waals surface area (Å²) >= 11 is 1.66. The Bertz CT molecular complexity index is 1120. The zero-order chi connectivity index (χ0) is 18.9. The predicted molar refractivity (Wildman–Crippen MR) is 107 cm³/mol. The molecule has 4 heterocycles.